The minimum Gasteiger partial charge on any atom is -0.369 e. The number of piperidine rings is 1. The molecule has 0 spiro atoms. The monoisotopic (exact) mass is 268 g/mol. The van der Waals surface area contributed by atoms with E-state index in [2.05, 4.69) is 5.32 Å². The third-order valence-corrected chi connectivity index (χ3v) is 3.68. The fourth-order valence-corrected chi connectivity index (χ4v) is 2.27. The molecule has 0 aromatic rings. The number of hydrogen-bond donors (Lipinski definition) is 1. The van der Waals surface area contributed by atoms with Crippen molar-refractivity contribution in [3.63, 3.8) is 0 Å². The molecule has 0 bridgehead atoms. The summed E-state index contributed by atoms with van der Waals surface area (Å²) in [5, 5.41) is 3.08. The van der Waals surface area contributed by atoms with Gasteiger partial charge in [-0.15, -0.1) is 0 Å². The van der Waals surface area contributed by atoms with Crippen LogP contribution in [0.3, 0.4) is 0 Å². The average molecular weight is 268 g/mol. The fourth-order valence-electron chi connectivity index (χ4n) is 2.27. The molecule has 0 aromatic heterocycles. The van der Waals surface area contributed by atoms with Crippen molar-refractivity contribution in [3.05, 3.63) is 0 Å². The first-order valence-corrected chi connectivity index (χ1v) is 7.26. The second-order valence-corrected chi connectivity index (χ2v) is 5.80. The van der Waals surface area contributed by atoms with Gasteiger partial charge in [0.15, 0.2) is 0 Å². The Kier molecular flexibility index (Phi) is 4.80. The van der Waals surface area contributed by atoms with E-state index in [1.54, 1.807) is 0 Å². The molecule has 0 aromatic carbocycles. The standard InChI is InChI=1S/C14H24N2O3/c1-10(2)19-9-13(17)16-7-5-12(6-8-16)15-14(18)11-3-4-11/h10-12H,3-9H2,1-2H3,(H,15,18). The molecule has 5 nitrogen and oxygen atoms in total. The summed E-state index contributed by atoms with van der Waals surface area (Å²) in [5.74, 6) is 0.521. The molecule has 1 heterocycles. The van der Waals surface area contributed by atoms with Crippen LogP contribution in [0, 0.1) is 5.92 Å². The second kappa shape index (κ2) is 6.37. The van der Waals surface area contributed by atoms with Crippen molar-refractivity contribution in [2.24, 2.45) is 5.92 Å². The predicted molar refractivity (Wildman–Crippen MR) is 71.6 cm³/mol. The Hall–Kier alpha value is -1.10. The molecule has 1 aliphatic carbocycles. The van der Waals surface area contributed by atoms with Gasteiger partial charge in [0.2, 0.25) is 11.8 Å². The van der Waals surface area contributed by atoms with Crippen molar-refractivity contribution in [2.75, 3.05) is 19.7 Å². The summed E-state index contributed by atoms with van der Waals surface area (Å²) in [7, 11) is 0. The summed E-state index contributed by atoms with van der Waals surface area (Å²) in [6.45, 7) is 5.45. The van der Waals surface area contributed by atoms with Crippen molar-refractivity contribution in [1.29, 1.82) is 0 Å². The van der Waals surface area contributed by atoms with Crippen LogP contribution in [0.1, 0.15) is 39.5 Å². The highest BCUT2D eigenvalue weighted by Gasteiger charge is 2.32. The second-order valence-electron chi connectivity index (χ2n) is 5.80. The van der Waals surface area contributed by atoms with Gasteiger partial charge >= 0.3 is 0 Å². The maximum atomic E-state index is 11.9. The maximum Gasteiger partial charge on any atom is 0.248 e. The summed E-state index contributed by atoms with van der Waals surface area (Å²) in [5.41, 5.74) is 0. The van der Waals surface area contributed by atoms with E-state index in [0.717, 1.165) is 38.8 Å². The molecule has 1 saturated heterocycles. The smallest absolute Gasteiger partial charge is 0.248 e. The molecule has 19 heavy (non-hydrogen) atoms. The van der Waals surface area contributed by atoms with Crippen molar-refractivity contribution >= 4 is 11.8 Å². The van der Waals surface area contributed by atoms with Gasteiger partial charge in [0.1, 0.15) is 6.61 Å². The van der Waals surface area contributed by atoms with Crippen molar-refractivity contribution in [2.45, 2.75) is 51.7 Å². The van der Waals surface area contributed by atoms with Crippen molar-refractivity contribution < 1.29 is 14.3 Å². The zero-order valence-corrected chi connectivity index (χ0v) is 11.9. The number of carbonyl (C=O) groups is 2. The van der Waals surface area contributed by atoms with Gasteiger partial charge in [0.25, 0.3) is 0 Å². The molecule has 0 atom stereocenters. The van der Waals surface area contributed by atoms with Crippen LogP contribution < -0.4 is 5.32 Å². The Labute approximate surface area is 114 Å². The van der Waals surface area contributed by atoms with Gasteiger partial charge < -0.3 is 15.0 Å². The SMILES string of the molecule is CC(C)OCC(=O)N1CCC(NC(=O)C2CC2)CC1. The van der Waals surface area contributed by atoms with Crippen LogP contribution in [0.2, 0.25) is 0 Å². The van der Waals surface area contributed by atoms with E-state index in [1.807, 2.05) is 18.7 Å². The molecule has 108 valence electrons. The van der Waals surface area contributed by atoms with E-state index in [0.29, 0.717) is 0 Å². The molecule has 5 heteroatoms. The average Bonchev–Trinajstić information content (AvgIpc) is 3.21. The highest BCUT2D eigenvalue weighted by molar-refractivity contribution is 5.81. The minimum atomic E-state index is 0.0562. The molecule has 0 radical (unpaired) electrons. The summed E-state index contributed by atoms with van der Waals surface area (Å²) >= 11 is 0. The van der Waals surface area contributed by atoms with Crippen LogP contribution in [0.5, 0.6) is 0 Å². The largest absolute Gasteiger partial charge is 0.369 e. The quantitative estimate of drug-likeness (QED) is 0.807. The molecule has 1 saturated carbocycles. The number of hydrogen-bond acceptors (Lipinski definition) is 3. The molecule has 0 unspecified atom stereocenters. The van der Waals surface area contributed by atoms with E-state index >= 15 is 0 Å². The molecular weight excluding hydrogens is 244 g/mol. The summed E-state index contributed by atoms with van der Waals surface area (Å²) < 4.78 is 5.33. The zero-order chi connectivity index (χ0) is 13.8. The van der Waals surface area contributed by atoms with Crippen LogP contribution in [0.4, 0.5) is 0 Å². The van der Waals surface area contributed by atoms with Crippen LogP contribution in [0.25, 0.3) is 0 Å². The molecule has 2 aliphatic rings. The number of amides is 2. The van der Waals surface area contributed by atoms with E-state index in [9.17, 15) is 9.59 Å². The predicted octanol–water partition coefficient (Wildman–Crippen LogP) is 0.929. The van der Waals surface area contributed by atoms with E-state index in [-0.39, 0.29) is 36.5 Å². The van der Waals surface area contributed by atoms with Crippen molar-refractivity contribution in [1.82, 2.24) is 10.2 Å². The van der Waals surface area contributed by atoms with E-state index < -0.39 is 0 Å². The summed E-state index contributed by atoms with van der Waals surface area (Å²) in [4.78, 5) is 25.4. The van der Waals surface area contributed by atoms with Gasteiger partial charge in [-0.1, -0.05) is 0 Å². The summed E-state index contributed by atoms with van der Waals surface area (Å²) in [6.07, 6.45) is 3.86. The Morgan fingerprint density at radius 2 is 1.84 bits per heavy atom. The lowest BCUT2D eigenvalue weighted by Gasteiger charge is -2.32. The van der Waals surface area contributed by atoms with Gasteiger partial charge in [-0.25, -0.2) is 0 Å². The van der Waals surface area contributed by atoms with Crippen LogP contribution in [-0.2, 0) is 14.3 Å². The van der Waals surface area contributed by atoms with Crippen LogP contribution in [-0.4, -0.2) is 48.6 Å². The van der Waals surface area contributed by atoms with Gasteiger partial charge in [0, 0.05) is 25.0 Å². The number of carbonyl (C=O) groups excluding carboxylic acids is 2. The number of ether oxygens (including phenoxy) is 1. The van der Waals surface area contributed by atoms with Crippen LogP contribution >= 0.6 is 0 Å². The number of likely N-dealkylation sites (tertiary alicyclic amines) is 1. The lowest BCUT2D eigenvalue weighted by Crippen LogP contribution is -2.47. The molecule has 2 rings (SSSR count). The highest BCUT2D eigenvalue weighted by atomic mass is 16.5. The highest BCUT2D eigenvalue weighted by Crippen LogP contribution is 2.29. The van der Waals surface area contributed by atoms with Gasteiger partial charge in [-0.2, -0.15) is 0 Å². The molecule has 1 N–H and O–H groups in total. The van der Waals surface area contributed by atoms with Gasteiger partial charge in [-0.05, 0) is 39.5 Å². The Morgan fingerprint density at radius 3 is 2.37 bits per heavy atom. The third-order valence-electron chi connectivity index (χ3n) is 3.68. The maximum absolute atomic E-state index is 11.9. The third kappa shape index (κ3) is 4.49. The molecule has 1 aliphatic heterocycles. The Bertz CT molecular complexity index is 332. The van der Waals surface area contributed by atoms with Crippen LogP contribution in [0.15, 0.2) is 0 Å². The first kappa shape index (κ1) is 14.3. The first-order chi connectivity index (χ1) is 9.06. The Morgan fingerprint density at radius 1 is 1.21 bits per heavy atom. The summed E-state index contributed by atoms with van der Waals surface area (Å²) in [6, 6.07) is 0.239. The zero-order valence-electron chi connectivity index (χ0n) is 11.9. The topological polar surface area (TPSA) is 58.6 Å². The number of nitrogens with zero attached hydrogens (tertiary/aromatic N) is 1. The van der Waals surface area contributed by atoms with E-state index in [4.69, 9.17) is 4.74 Å². The lowest BCUT2D eigenvalue weighted by molar-refractivity contribution is -0.138. The first-order valence-electron chi connectivity index (χ1n) is 7.26. The van der Waals surface area contributed by atoms with Gasteiger partial charge in [0.05, 0.1) is 6.10 Å². The number of rotatable bonds is 5. The molecular formula is C14H24N2O3. The van der Waals surface area contributed by atoms with Gasteiger partial charge in [-0.3, -0.25) is 9.59 Å². The minimum absolute atomic E-state index is 0.0562. The van der Waals surface area contributed by atoms with E-state index in [1.165, 1.54) is 0 Å². The molecule has 2 amide bonds. The normalized spacial score (nSPS) is 20.7. The fraction of sp³-hybridized carbons (Fsp3) is 0.857. The van der Waals surface area contributed by atoms with Crippen molar-refractivity contribution in [3.8, 4) is 0 Å². The molecule has 2 fully saturated rings. The number of nitrogens with one attached hydrogen (secondary N) is 1. The Balaban J connectivity index is 1.66. The lowest BCUT2D eigenvalue weighted by atomic mass is 10.0.